The molecule has 1 aliphatic rings. The average molecular weight is 418 g/mol. The van der Waals surface area contributed by atoms with Gasteiger partial charge in [-0.2, -0.15) is 5.10 Å². The highest BCUT2D eigenvalue weighted by Gasteiger charge is 2.14. The van der Waals surface area contributed by atoms with E-state index in [0.29, 0.717) is 41.9 Å². The summed E-state index contributed by atoms with van der Waals surface area (Å²) in [4.78, 5) is 14.0. The number of benzene rings is 2. The second-order valence-corrected chi connectivity index (χ2v) is 6.90. The summed E-state index contributed by atoms with van der Waals surface area (Å²) < 4.78 is 16.5. The number of halogens is 1. The quantitative estimate of drug-likeness (QED) is 0.528. The summed E-state index contributed by atoms with van der Waals surface area (Å²) in [5, 5.41) is 4.41. The average Bonchev–Trinajstić information content (AvgIpc) is 2.74. The van der Waals surface area contributed by atoms with Crippen molar-refractivity contribution in [1.29, 1.82) is 0 Å². The first kappa shape index (κ1) is 21.1. The Hall–Kier alpha value is -2.61. The van der Waals surface area contributed by atoms with Crippen LogP contribution in [0.5, 0.6) is 11.5 Å². The van der Waals surface area contributed by atoms with Crippen LogP contribution in [0.15, 0.2) is 47.6 Å². The van der Waals surface area contributed by atoms with E-state index >= 15 is 0 Å². The van der Waals surface area contributed by atoms with Gasteiger partial charge in [-0.25, -0.2) is 5.43 Å². The standard InChI is InChI=1S/C21H24ClN3O4/c1-27-19-12-17(13-23-24-20(26)14-25-7-9-28-10-8-25)11-18(22)21(19)29-15-16-5-3-2-4-6-16/h2-6,11-13H,7-10,14-15H2,1H3,(H,24,26)/b23-13+. The maximum atomic E-state index is 12.0. The molecule has 0 spiro atoms. The second-order valence-electron chi connectivity index (χ2n) is 6.49. The molecule has 1 N–H and O–H groups in total. The minimum absolute atomic E-state index is 0.177. The van der Waals surface area contributed by atoms with Crippen molar-refractivity contribution in [3.8, 4) is 11.5 Å². The number of hydrazone groups is 1. The topological polar surface area (TPSA) is 72.4 Å². The Morgan fingerprint density at radius 2 is 2.03 bits per heavy atom. The van der Waals surface area contributed by atoms with Crippen molar-refractivity contribution in [1.82, 2.24) is 10.3 Å². The number of morpholine rings is 1. The highest BCUT2D eigenvalue weighted by Crippen LogP contribution is 2.36. The van der Waals surface area contributed by atoms with E-state index in [1.165, 1.54) is 6.21 Å². The fourth-order valence-electron chi connectivity index (χ4n) is 2.86. The van der Waals surface area contributed by atoms with Crippen LogP contribution in [0.3, 0.4) is 0 Å². The van der Waals surface area contributed by atoms with E-state index in [2.05, 4.69) is 10.5 Å². The number of nitrogens with one attached hydrogen (secondary N) is 1. The van der Waals surface area contributed by atoms with E-state index in [-0.39, 0.29) is 12.5 Å². The van der Waals surface area contributed by atoms with Crippen molar-refractivity contribution >= 4 is 23.7 Å². The van der Waals surface area contributed by atoms with E-state index < -0.39 is 0 Å². The predicted octanol–water partition coefficient (Wildman–Crippen LogP) is 2.71. The molecule has 29 heavy (non-hydrogen) atoms. The lowest BCUT2D eigenvalue weighted by molar-refractivity contribution is -0.123. The Labute approximate surface area is 175 Å². The summed E-state index contributed by atoms with van der Waals surface area (Å²) in [6, 6.07) is 13.3. The van der Waals surface area contributed by atoms with E-state index in [9.17, 15) is 4.79 Å². The maximum absolute atomic E-state index is 12.0. The number of rotatable bonds is 8. The number of amides is 1. The first-order chi connectivity index (χ1) is 14.2. The summed E-state index contributed by atoms with van der Waals surface area (Å²) in [6.45, 7) is 3.45. The van der Waals surface area contributed by atoms with Crippen molar-refractivity contribution in [3.05, 3.63) is 58.6 Å². The van der Waals surface area contributed by atoms with Crippen LogP contribution in [0.25, 0.3) is 0 Å². The zero-order valence-electron chi connectivity index (χ0n) is 16.3. The molecule has 1 aliphatic heterocycles. The highest BCUT2D eigenvalue weighted by atomic mass is 35.5. The molecule has 0 aromatic heterocycles. The normalized spacial score (nSPS) is 14.7. The number of ether oxygens (including phenoxy) is 3. The van der Waals surface area contributed by atoms with Crippen LogP contribution in [-0.2, 0) is 16.1 Å². The Morgan fingerprint density at radius 3 is 2.76 bits per heavy atom. The Kier molecular flexibility index (Phi) is 7.86. The SMILES string of the molecule is COc1cc(/C=N/NC(=O)CN2CCOCC2)cc(Cl)c1OCc1ccccc1. The summed E-state index contributed by atoms with van der Waals surface area (Å²) >= 11 is 6.38. The molecule has 2 aromatic rings. The number of hydrogen-bond donors (Lipinski definition) is 1. The molecular formula is C21H24ClN3O4. The van der Waals surface area contributed by atoms with Gasteiger partial charge >= 0.3 is 0 Å². The molecule has 1 amide bonds. The number of nitrogens with zero attached hydrogens (tertiary/aromatic N) is 2. The molecule has 8 heteroatoms. The first-order valence-corrected chi connectivity index (χ1v) is 9.70. The van der Waals surface area contributed by atoms with Crippen molar-refractivity contribution in [3.63, 3.8) is 0 Å². The lowest BCUT2D eigenvalue weighted by atomic mass is 10.2. The summed E-state index contributed by atoms with van der Waals surface area (Å²) in [5.41, 5.74) is 4.24. The van der Waals surface area contributed by atoms with Crippen molar-refractivity contribution < 1.29 is 19.0 Å². The molecule has 1 fully saturated rings. The van der Waals surface area contributed by atoms with Gasteiger partial charge in [0.15, 0.2) is 11.5 Å². The van der Waals surface area contributed by atoms with Crippen molar-refractivity contribution in [2.75, 3.05) is 40.0 Å². The molecule has 0 bridgehead atoms. The predicted molar refractivity (Wildman–Crippen MR) is 112 cm³/mol. The van der Waals surface area contributed by atoms with Gasteiger partial charge in [0, 0.05) is 13.1 Å². The zero-order chi connectivity index (χ0) is 20.5. The van der Waals surface area contributed by atoms with Crippen molar-refractivity contribution in [2.24, 2.45) is 5.10 Å². The largest absolute Gasteiger partial charge is 0.493 e. The fourth-order valence-corrected chi connectivity index (χ4v) is 3.13. The second kappa shape index (κ2) is 10.8. The molecule has 1 heterocycles. The zero-order valence-corrected chi connectivity index (χ0v) is 17.0. The van der Waals surface area contributed by atoms with Gasteiger partial charge in [-0.1, -0.05) is 41.9 Å². The third kappa shape index (κ3) is 6.45. The van der Waals surface area contributed by atoms with Gasteiger partial charge in [-0.3, -0.25) is 9.69 Å². The number of methoxy groups -OCH3 is 1. The molecule has 1 saturated heterocycles. The van der Waals surface area contributed by atoms with Crippen molar-refractivity contribution in [2.45, 2.75) is 6.61 Å². The van der Waals surface area contributed by atoms with Gasteiger partial charge in [-0.15, -0.1) is 0 Å². The van der Waals surface area contributed by atoms with Crippen LogP contribution < -0.4 is 14.9 Å². The van der Waals surface area contributed by atoms with E-state index in [1.807, 2.05) is 35.2 Å². The highest BCUT2D eigenvalue weighted by molar-refractivity contribution is 6.32. The molecule has 0 atom stereocenters. The maximum Gasteiger partial charge on any atom is 0.254 e. The Balaban J connectivity index is 1.58. The molecule has 2 aromatic carbocycles. The minimum atomic E-state index is -0.177. The van der Waals surface area contributed by atoms with E-state index in [4.69, 9.17) is 25.8 Å². The van der Waals surface area contributed by atoms with Crippen LogP contribution >= 0.6 is 11.6 Å². The van der Waals surface area contributed by atoms with Gasteiger partial charge in [0.25, 0.3) is 5.91 Å². The number of carbonyl (C=O) groups is 1. The lowest BCUT2D eigenvalue weighted by Crippen LogP contribution is -2.42. The van der Waals surface area contributed by atoms with Gasteiger partial charge in [-0.05, 0) is 23.3 Å². The molecule has 3 rings (SSSR count). The van der Waals surface area contributed by atoms with Crippen LogP contribution in [0.4, 0.5) is 0 Å². The fraction of sp³-hybridized carbons (Fsp3) is 0.333. The Bertz CT molecular complexity index is 839. The van der Waals surface area contributed by atoms with Crippen LogP contribution in [-0.4, -0.2) is 57.0 Å². The van der Waals surface area contributed by atoms with E-state index in [0.717, 1.165) is 18.7 Å². The van der Waals surface area contributed by atoms with Crippen LogP contribution in [0.1, 0.15) is 11.1 Å². The molecule has 0 radical (unpaired) electrons. The number of carbonyl (C=O) groups excluding carboxylic acids is 1. The van der Waals surface area contributed by atoms with Gasteiger partial charge in [0.05, 0.1) is 38.1 Å². The third-order valence-corrected chi connectivity index (χ3v) is 4.63. The van der Waals surface area contributed by atoms with Crippen LogP contribution in [0.2, 0.25) is 5.02 Å². The molecule has 154 valence electrons. The van der Waals surface area contributed by atoms with Gasteiger partial charge in [0.2, 0.25) is 0 Å². The van der Waals surface area contributed by atoms with Crippen LogP contribution in [0, 0.1) is 0 Å². The summed E-state index contributed by atoms with van der Waals surface area (Å²) in [7, 11) is 1.55. The Morgan fingerprint density at radius 1 is 1.28 bits per heavy atom. The molecule has 0 aliphatic carbocycles. The molecule has 7 nitrogen and oxygen atoms in total. The van der Waals surface area contributed by atoms with Gasteiger partial charge in [0.1, 0.15) is 6.61 Å². The summed E-state index contributed by atoms with van der Waals surface area (Å²) in [6.07, 6.45) is 1.52. The molecule has 0 unspecified atom stereocenters. The monoisotopic (exact) mass is 417 g/mol. The van der Waals surface area contributed by atoms with E-state index in [1.54, 1.807) is 19.2 Å². The van der Waals surface area contributed by atoms with Gasteiger partial charge < -0.3 is 14.2 Å². The number of hydrogen-bond acceptors (Lipinski definition) is 6. The molecule has 0 saturated carbocycles. The minimum Gasteiger partial charge on any atom is -0.493 e. The third-order valence-electron chi connectivity index (χ3n) is 4.35. The smallest absolute Gasteiger partial charge is 0.254 e. The summed E-state index contributed by atoms with van der Waals surface area (Å²) in [5.74, 6) is 0.782. The first-order valence-electron chi connectivity index (χ1n) is 9.32. The lowest BCUT2D eigenvalue weighted by Gasteiger charge is -2.25. The molecular weight excluding hydrogens is 394 g/mol.